The number of rotatable bonds is 4. The molecule has 19 heavy (non-hydrogen) atoms. The third kappa shape index (κ3) is 3.04. The second-order valence-corrected chi connectivity index (χ2v) is 5.99. The van der Waals surface area contributed by atoms with Gasteiger partial charge < -0.3 is 5.11 Å². The molecule has 0 saturated heterocycles. The van der Waals surface area contributed by atoms with Gasteiger partial charge in [-0.25, -0.2) is 0 Å². The Labute approximate surface area is 124 Å². The first-order chi connectivity index (χ1) is 9.04. The van der Waals surface area contributed by atoms with E-state index in [4.69, 9.17) is 28.3 Å². The molecule has 0 fully saturated rings. The summed E-state index contributed by atoms with van der Waals surface area (Å²) in [5.74, 6) is -1.69. The number of carboxylic acids is 1. The minimum absolute atomic E-state index is 0.0495. The van der Waals surface area contributed by atoms with Crippen LogP contribution >= 0.6 is 34.5 Å². The van der Waals surface area contributed by atoms with Crippen LogP contribution < -0.4 is 4.90 Å². The van der Waals surface area contributed by atoms with Crippen LogP contribution in [0, 0.1) is 0 Å². The molecule has 1 atom stereocenters. The van der Waals surface area contributed by atoms with Crippen molar-refractivity contribution in [3.05, 3.63) is 16.5 Å². The minimum atomic E-state index is -1.06. The number of halogens is 2. The number of thiophene rings is 1. The summed E-state index contributed by atoms with van der Waals surface area (Å²) in [5.41, 5.74) is 2.02. The maximum Gasteiger partial charge on any atom is 0.323 e. The van der Waals surface area contributed by atoms with Gasteiger partial charge in [-0.05, 0) is 35.8 Å². The molecule has 0 aliphatic heterocycles. The van der Waals surface area contributed by atoms with Gasteiger partial charge in [0.1, 0.15) is 17.4 Å². The van der Waals surface area contributed by atoms with E-state index >= 15 is 0 Å². The first-order valence-corrected chi connectivity index (χ1v) is 7.72. The number of hydrogen-bond acceptors (Lipinski definition) is 3. The standard InChI is InChI=1S/C12H13Cl2NO3S/c13-4-10(16)15(5-11(17)18)12-7-2-1-3-9(14)8(7)6-19-12/h6,9H,1-5H2,(H,17,18). The fraction of sp³-hybridized carbons (Fsp3) is 0.500. The lowest BCUT2D eigenvalue weighted by atomic mass is 9.94. The Morgan fingerprint density at radius 3 is 2.89 bits per heavy atom. The lowest BCUT2D eigenvalue weighted by molar-refractivity contribution is -0.136. The monoisotopic (exact) mass is 321 g/mol. The summed E-state index contributed by atoms with van der Waals surface area (Å²) in [6, 6.07) is 0. The molecule has 1 N–H and O–H groups in total. The van der Waals surface area contributed by atoms with Crippen LogP contribution in [-0.2, 0) is 16.0 Å². The molecule has 1 amide bonds. The maximum absolute atomic E-state index is 11.8. The third-order valence-corrected chi connectivity index (χ3v) is 4.82. The van der Waals surface area contributed by atoms with Gasteiger partial charge in [-0.1, -0.05) is 0 Å². The second-order valence-electron chi connectivity index (χ2n) is 4.34. The number of fused-ring (bicyclic) bond motifs is 1. The van der Waals surface area contributed by atoms with Crippen LogP contribution in [-0.4, -0.2) is 29.4 Å². The molecule has 1 aliphatic rings. The molecule has 0 saturated carbocycles. The van der Waals surface area contributed by atoms with Crippen molar-refractivity contribution in [1.29, 1.82) is 0 Å². The number of hydrogen-bond donors (Lipinski definition) is 1. The molecule has 1 aliphatic carbocycles. The molecule has 2 rings (SSSR count). The largest absolute Gasteiger partial charge is 0.480 e. The van der Waals surface area contributed by atoms with E-state index in [1.54, 1.807) is 0 Å². The van der Waals surface area contributed by atoms with Gasteiger partial charge in [0.15, 0.2) is 0 Å². The summed E-state index contributed by atoms with van der Waals surface area (Å²) in [4.78, 5) is 24.0. The Bertz CT molecular complexity index is 503. The molecule has 0 radical (unpaired) electrons. The molecule has 7 heteroatoms. The zero-order valence-corrected chi connectivity index (χ0v) is 12.4. The van der Waals surface area contributed by atoms with Crippen molar-refractivity contribution >= 4 is 51.4 Å². The Kier molecular flexibility index (Phi) is 4.71. The van der Waals surface area contributed by atoms with Crippen LogP contribution in [0.15, 0.2) is 5.38 Å². The summed E-state index contributed by atoms with van der Waals surface area (Å²) in [6.45, 7) is -0.370. The normalized spacial score (nSPS) is 17.9. The van der Waals surface area contributed by atoms with Gasteiger partial charge in [0.2, 0.25) is 5.91 Å². The van der Waals surface area contributed by atoms with E-state index in [9.17, 15) is 9.59 Å². The fourth-order valence-electron chi connectivity index (χ4n) is 2.22. The number of carbonyl (C=O) groups is 2. The molecule has 1 aromatic rings. The molecule has 1 unspecified atom stereocenters. The van der Waals surface area contributed by atoms with Crippen molar-refractivity contribution in [2.24, 2.45) is 0 Å². The summed E-state index contributed by atoms with van der Waals surface area (Å²) in [7, 11) is 0. The Balaban J connectivity index is 2.37. The highest BCUT2D eigenvalue weighted by Gasteiger charge is 2.28. The highest BCUT2D eigenvalue weighted by Crippen LogP contribution is 2.43. The Morgan fingerprint density at radius 1 is 1.53 bits per heavy atom. The molecule has 0 bridgehead atoms. The minimum Gasteiger partial charge on any atom is -0.480 e. The molecule has 4 nitrogen and oxygen atoms in total. The molecule has 0 spiro atoms. The van der Waals surface area contributed by atoms with Crippen molar-refractivity contribution in [1.82, 2.24) is 0 Å². The van der Waals surface area contributed by atoms with Crippen LogP contribution in [0.25, 0.3) is 0 Å². The number of anilines is 1. The van der Waals surface area contributed by atoms with E-state index < -0.39 is 11.9 Å². The summed E-state index contributed by atoms with van der Waals surface area (Å²) >= 11 is 13.2. The van der Waals surface area contributed by atoms with Crippen LogP contribution in [0.2, 0.25) is 0 Å². The number of carboxylic acid groups (broad SMARTS) is 1. The molecular weight excluding hydrogens is 309 g/mol. The van der Waals surface area contributed by atoms with Gasteiger partial charge in [0.05, 0.1) is 5.38 Å². The van der Waals surface area contributed by atoms with Crippen LogP contribution in [0.3, 0.4) is 0 Å². The molecular formula is C12H13Cl2NO3S. The van der Waals surface area contributed by atoms with E-state index in [2.05, 4.69) is 0 Å². The summed E-state index contributed by atoms with van der Waals surface area (Å²) < 4.78 is 0. The fourth-order valence-corrected chi connectivity index (χ4v) is 3.99. The Morgan fingerprint density at radius 2 is 2.26 bits per heavy atom. The van der Waals surface area contributed by atoms with Crippen LogP contribution in [0.5, 0.6) is 0 Å². The lowest BCUT2D eigenvalue weighted by Crippen LogP contribution is -2.36. The van der Waals surface area contributed by atoms with Crippen LogP contribution in [0.1, 0.15) is 29.3 Å². The zero-order chi connectivity index (χ0) is 14.0. The van der Waals surface area contributed by atoms with Crippen LogP contribution in [0.4, 0.5) is 5.00 Å². The predicted octanol–water partition coefficient (Wildman–Crippen LogP) is 3.02. The van der Waals surface area contributed by atoms with Crippen molar-refractivity contribution in [2.75, 3.05) is 17.3 Å². The number of alkyl halides is 2. The average Bonchev–Trinajstić information content (AvgIpc) is 2.80. The topological polar surface area (TPSA) is 57.6 Å². The van der Waals surface area contributed by atoms with Gasteiger partial charge in [-0.15, -0.1) is 34.5 Å². The quantitative estimate of drug-likeness (QED) is 0.867. The van der Waals surface area contributed by atoms with E-state index in [1.807, 2.05) is 5.38 Å². The zero-order valence-electron chi connectivity index (χ0n) is 10.1. The molecule has 104 valence electrons. The van der Waals surface area contributed by atoms with Gasteiger partial charge >= 0.3 is 5.97 Å². The smallest absolute Gasteiger partial charge is 0.323 e. The number of carbonyl (C=O) groups excluding carboxylic acids is 1. The van der Waals surface area contributed by atoms with Gasteiger partial charge in [0, 0.05) is 0 Å². The average molecular weight is 322 g/mol. The van der Waals surface area contributed by atoms with Gasteiger partial charge in [0.25, 0.3) is 0 Å². The van der Waals surface area contributed by atoms with Crippen molar-refractivity contribution in [3.63, 3.8) is 0 Å². The third-order valence-electron chi connectivity index (χ3n) is 3.08. The summed E-state index contributed by atoms with van der Waals surface area (Å²) in [5, 5.41) is 11.5. The van der Waals surface area contributed by atoms with Gasteiger partial charge in [-0.2, -0.15) is 0 Å². The van der Waals surface area contributed by atoms with Crippen molar-refractivity contribution in [2.45, 2.75) is 24.6 Å². The van der Waals surface area contributed by atoms with E-state index in [0.717, 1.165) is 30.4 Å². The van der Waals surface area contributed by atoms with E-state index in [1.165, 1.54) is 16.2 Å². The Hall–Kier alpha value is -0.780. The number of aliphatic carboxylic acids is 1. The van der Waals surface area contributed by atoms with Crippen molar-refractivity contribution < 1.29 is 14.7 Å². The van der Waals surface area contributed by atoms with Crippen molar-refractivity contribution in [3.8, 4) is 0 Å². The summed E-state index contributed by atoms with van der Waals surface area (Å²) in [6.07, 6.45) is 2.68. The second kappa shape index (κ2) is 6.11. The molecule has 0 aromatic carbocycles. The highest BCUT2D eigenvalue weighted by molar-refractivity contribution is 7.14. The maximum atomic E-state index is 11.8. The number of nitrogens with zero attached hydrogens (tertiary/aromatic N) is 1. The van der Waals surface area contributed by atoms with E-state index in [-0.39, 0.29) is 17.8 Å². The first kappa shape index (κ1) is 14.6. The SMILES string of the molecule is O=C(O)CN(C(=O)CCl)c1scc2c1CCCC2Cl. The molecule has 1 aromatic heterocycles. The molecule has 1 heterocycles. The predicted molar refractivity (Wildman–Crippen MR) is 76.6 cm³/mol. The number of amides is 1. The lowest BCUT2D eigenvalue weighted by Gasteiger charge is -2.23. The van der Waals surface area contributed by atoms with E-state index in [0.29, 0.717) is 5.00 Å². The van der Waals surface area contributed by atoms with Gasteiger partial charge in [-0.3, -0.25) is 14.5 Å². The highest BCUT2D eigenvalue weighted by atomic mass is 35.5. The first-order valence-electron chi connectivity index (χ1n) is 5.87.